The molecule has 0 amide bonds. The van der Waals surface area contributed by atoms with E-state index in [1.54, 1.807) is 24.3 Å². The number of Topliss-reactive ketones (excluding diaryl/α,β-unsaturated/α-hetero) is 1. The first kappa shape index (κ1) is 19.0. The molecule has 0 spiro atoms. The molecule has 2 aromatic rings. The van der Waals surface area contributed by atoms with Crippen molar-refractivity contribution in [3.63, 3.8) is 0 Å². The van der Waals surface area contributed by atoms with Crippen LogP contribution in [0, 0.1) is 0 Å². The van der Waals surface area contributed by atoms with E-state index in [2.05, 4.69) is 0 Å². The maximum Gasteiger partial charge on any atom is 0.420 e. The van der Waals surface area contributed by atoms with Crippen molar-refractivity contribution < 1.29 is 27.4 Å². The summed E-state index contributed by atoms with van der Waals surface area (Å²) in [5.74, 6) is -0.226. The van der Waals surface area contributed by atoms with E-state index in [9.17, 15) is 18.0 Å². The number of para-hydroxylation sites is 1. The van der Waals surface area contributed by atoms with Gasteiger partial charge in [0.15, 0.2) is 5.78 Å². The number of carbonyl (C=O) groups excluding carboxylic acids is 1. The highest BCUT2D eigenvalue weighted by atomic mass is 19.4. The molecule has 0 bridgehead atoms. The van der Waals surface area contributed by atoms with Gasteiger partial charge in [-0.2, -0.15) is 13.2 Å². The average Bonchev–Trinajstić information content (AvgIpc) is 2.91. The maximum atomic E-state index is 13.6. The van der Waals surface area contributed by atoms with Gasteiger partial charge in [-0.1, -0.05) is 18.2 Å². The zero-order valence-corrected chi connectivity index (χ0v) is 15.2. The van der Waals surface area contributed by atoms with Crippen molar-refractivity contribution in [2.75, 3.05) is 7.11 Å². The number of ketones is 1. The van der Waals surface area contributed by atoms with Gasteiger partial charge < -0.3 is 9.47 Å². The summed E-state index contributed by atoms with van der Waals surface area (Å²) in [7, 11) is 1.37. The maximum absolute atomic E-state index is 13.6. The molecule has 27 heavy (non-hydrogen) atoms. The average molecular weight is 376 g/mol. The van der Waals surface area contributed by atoms with E-state index in [1.165, 1.54) is 25.3 Å². The summed E-state index contributed by atoms with van der Waals surface area (Å²) in [6.07, 6.45) is -3.44. The Morgan fingerprint density at radius 1 is 1.19 bits per heavy atom. The second-order valence-electron chi connectivity index (χ2n) is 6.99. The Morgan fingerprint density at radius 2 is 1.89 bits per heavy atom. The van der Waals surface area contributed by atoms with Crippen LogP contribution in [0.15, 0.2) is 48.0 Å². The van der Waals surface area contributed by atoms with Gasteiger partial charge in [0.2, 0.25) is 0 Å². The van der Waals surface area contributed by atoms with Gasteiger partial charge in [-0.25, -0.2) is 0 Å². The third-order valence-electron chi connectivity index (χ3n) is 4.31. The summed E-state index contributed by atoms with van der Waals surface area (Å²) < 4.78 is 51.7. The van der Waals surface area contributed by atoms with E-state index in [0.29, 0.717) is 12.2 Å². The first-order valence-electron chi connectivity index (χ1n) is 8.39. The Kier molecular flexibility index (Phi) is 4.76. The number of alkyl halides is 3. The summed E-state index contributed by atoms with van der Waals surface area (Å²) in [6.45, 7) is 3.77. The minimum Gasteiger partial charge on any atom is -0.496 e. The molecule has 0 aliphatic carbocycles. The van der Waals surface area contributed by atoms with Crippen molar-refractivity contribution in [3.8, 4) is 11.5 Å². The minimum absolute atomic E-state index is 0.0199. The quantitative estimate of drug-likeness (QED) is 0.541. The lowest BCUT2D eigenvalue weighted by Gasteiger charge is -2.16. The summed E-state index contributed by atoms with van der Waals surface area (Å²) in [5.41, 5.74) is -0.793. The van der Waals surface area contributed by atoms with Crippen LogP contribution in [0.25, 0.3) is 6.08 Å². The molecule has 0 N–H and O–H groups in total. The van der Waals surface area contributed by atoms with Crippen molar-refractivity contribution in [2.24, 2.45) is 0 Å². The fraction of sp³-hybridized carbons (Fsp3) is 0.286. The Bertz CT molecular complexity index is 911. The monoisotopic (exact) mass is 376 g/mol. The molecular formula is C21H19F3O3. The molecule has 0 saturated carbocycles. The molecule has 0 radical (unpaired) electrons. The zero-order chi connectivity index (χ0) is 19.8. The number of halogens is 3. The van der Waals surface area contributed by atoms with Crippen LogP contribution < -0.4 is 9.47 Å². The van der Waals surface area contributed by atoms with Crippen molar-refractivity contribution in [1.82, 2.24) is 0 Å². The summed E-state index contributed by atoms with van der Waals surface area (Å²) in [5, 5.41) is 0. The molecule has 2 aromatic carbocycles. The standard InChI is InChI=1S/C21H19F3O3/c1-20(2)12-15-10-14(8-9-18(15)27-20)19(25)16(21(22,23)24)11-13-6-4-5-7-17(13)26-3/h4-11H,12H2,1-3H3/b16-11+. The highest BCUT2D eigenvalue weighted by Crippen LogP contribution is 2.37. The Morgan fingerprint density at radius 3 is 2.56 bits per heavy atom. The van der Waals surface area contributed by atoms with E-state index in [0.717, 1.165) is 11.6 Å². The van der Waals surface area contributed by atoms with Crippen LogP contribution in [0.1, 0.15) is 35.3 Å². The van der Waals surface area contributed by atoms with Gasteiger partial charge in [0.1, 0.15) is 22.7 Å². The topological polar surface area (TPSA) is 35.5 Å². The Hall–Kier alpha value is -2.76. The lowest BCUT2D eigenvalue weighted by Crippen LogP contribution is -2.24. The van der Waals surface area contributed by atoms with E-state index in [4.69, 9.17) is 9.47 Å². The van der Waals surface area contributed by atoms with Crippen LogP contribution in [0.4, 0.5) is 13.2 Å². The molecule has 1 heterocycles. The number of carbonyl (C=O) groups is 1. The molecule has 0 saturated heterocycles. The van der Waals surface area contributed by atoms with Crippen LogP contribution in [0.2, 0.25) is 0 Å². The molecule has 0 aromatic heterocycles. The minimum atomic E-state index is -4.80. The number of methoxy groups -OCH3 is 1. The lowest BCUT2D eigenvalue weighted by atomic mass is 9.96. The predicted molar refractivity (Wildman–Crippen MR) is 96.2 cm³/mol. The third kappa shape index (κ3) is 3.99. The number of benzene rings is 2. The smallest absolute Gasteiger partial charge is 0.420 e. The SMILES string of the molecule is COc1ccccc1/C=C(\C(=O)c1ccc2c(c1)CC(C)(C)O2)C(F)(F)F. The second kappa shape index (κ2) is 6.76. The molecule has 6 heteroatoms. The van der Waals surface area contributed by atoms with Gasteiger partial charge in [0, 0.05) is 17.5 Å². The van der Waals surface area contributed by atoms with Crippen molar-refractivity contribution in [3.05, 3.63) is 64.7 Å². The molecule has 3 nitrogen and oxygen atoms in total. The van der Waals surface area contributed by atoms with E-state index in [-0.39, 0.29) is 16.9 Å². The number of hydrogen-bond donors (Lipinski definition) is 0. The van der Waals surface area contributed by atoms with Crippen molar-refractivity contribution in [2.45, 2.75) is 32.0 Å². The van der Waals surface area contributed by atoms with Crippen LogP contribution in [0.3, 0.4) is 0 Å². The molecule has 0 fully saturated rings. The van der Waals surface area contributed by atoms with Crippen LogP contribution >= 0.6 is 0 Å². The first-order chi connectivity index (χ1) is 12.6. The molecule has 1 aliphatic rings. The van der Waals surface area contributed by atoms with Crippen LogP contribution in [-0.2, 0) is 6.42 Å². The second-order valence-corrected chi connectivity index (χ2v) is 6.99. The van der Waals surface area contributed by atoms with Crippen molar-refractivity contribution >= 4 is 11.9 Å². The van der Waals surface area contributed by atoms with Gasteiger partial charge >= 0.3 is 6.18 Å². The number of hydrogen-bond acceptors (Lipinski definition) is 3. The van der Waals surface area contributed by atoms with Gasteiger partial charge in [0.25, 0.3) is 0 Å². The fourth-order valence-corrected chi connectivity index (χ4v) is 3.12. The van der Waals surface area contributed by atoms with Crippen molar-refractivity contribution in [1.29, 1.82) is 0 Å². The molecule has 0 unspecified atom stereocenters. The largest absolute Gasteiger partial charge is 0.496 e. The van der Waals surface area contributed by atoms with Gasteiger partial charge in [-0.05, 0) is 49.8 Å². The van der Waals surface area contributed by atoms with Gasteiger partial charge in [-0.3, -0.25) is 4.79 Å². The molecule has 142 valence electrons. The fourth-order valence-electron chi connectivity index (χ4n) is 3.12. The van der Waals surface area contributed by atoms with E-state index < -0.39 is 23.1 Å². The summed E-state index contributed by atoms with van der Waals surface area (Å²) in [6, 6.07) is 10.6. The van der Waals surface area contributed by atoms with Crippen LogP contribution in [-0.4, -0.2) is 24.7 Å². The van der Waals surface area contributed by atoms with Crippen LogP contribution in [0.5, 0.6) is 11.5 Å². The zero-order valence-electron chi connectivity index (χ0n) is 15.2. The molecular weight excluding hydrogens is 357 g/mol. The number of fused-ring (bicyclic) bond motifs is 1. The summed E-state index contributed by atoms with van der Waals surface area (Å²) in [4.78, 5) is 12.7. The van der Waals surface area contributed by atoms with E-state index in [1.807, 2.05) is 13.8 Å². The lowest BCUT2D eigenvalue weighted by molar-refractivity contribution is -0.0878. The summed E-state index contributed by atoms with van der Waals surface area (Å²) >= 11 is 0. The Labute approximate surface area is 155 Å². The molecule has 3 rings (SSSR count). The van der Waals surface area contributed by atoms with Gasteiger partial charge in [-0.15, -0.1) is 0 Å². The van der Waals surface area contributed by atoms with E-state index >= 15 is 0 Å². The predicted octanol–water partition coefficient (Wildman–Crippen LogP) is 5.24. The normalized spacial score (nSPS) is 15.9. The number of ether oxygens (including phenoxy) is 2. The number of rotatable bonds is 4. The Balaban J connectivity index is 2.03. The molecule has 0 atom stereocenters. The van der Waals surface area contributed by atoms with Gasteiger partial charge in [0.05, 0.1) is 7.11 Å². The number of allylic oxidation sites excluding steroid dienone is 1. The molecule has 1 aliphatic heterocycles. The first-order valence-corrected chi connectivity index (χ1v) is 8.39. The highest BCUT2D eigenvalue weighted by molar-refractivity contribution is 6.12. The highest BCUT2D eigenvalue weighted by Gasteiger charge is 2.39. The third-order valence-corrected chi connectivity index (χ3v) is 4.31.